The molecule has 31 heavy (non-hydrogen) atoms. The Labute approximate surface area is 184 Å². The molecule has 0 bridgehead atoms. The number of nitrogens with zero attached hydrogens (tertiary/aromatic N) is 2. The molecule has 0 aliphatic carbocycles. The van der Waals surface area contributed by atoms with E-state index in [1.54, 1.807) is 4.90 Å². The van der Waals surface area contributed by atoms with Crippen LogP contribution in [0, 0.1) is 0 Å². The van der Waals surface area contributed by atoms with Gasteiger partial charge in [0.2, 0.25) is 10.0 Å². The van der Waals surface area contributed by atoms with Gasteiger partial charge in [0.05, 0.1) is 18.0 Å². The summed E-state index contributed by atoms with van der Waals surface area (Å²) in [7, 11) is -3.43. The zero-order chi connectivity index (χ0) is 22.6. The van der Waals surface area contributed by atoms with Crippen molar-refractivity contribution in [3.63, 3.8) is 0 Å². The molecule has 0 radical (unpaired) electrons. The molecule has 1 saturated heterocycles. The zero-order valence-electron chi connectivity index (χ0n) is 18.5. The van der Waals surface area contributed by atoms with Gasteiger partial charge in [0.15, 0.2) is 0 Å². The molecule has 1 N–H and O–H groups in total. The van der Waals surface area contributed by atoms with Gasteiger partial charge < -0.3 is 9.64 Å². The van der Waals surface area contributed by atoms with Crippen LogP contribution in [-0.2, 0) is 21.2 Å². The third kappa shape index (κ3) is 6.77. The standard InChI is InChI=1S/C23H31N3O4S/c1-23(2,3)30-22(27)26-15-9-14-20(25-31(4,28)29)21(26)16-18-12-8-13-19(24-18)17-10-6-5-7-11-17/h5-8,10-13,20-21,25H,9,14-16H2,1-4H3. The largest absolute Gasteiger partial charge is 0.444 e. The first kappa shape index (κ1) is 23.2. The Morgan fingerprint density at radius 3 is 2.52 bits per heavy atom. The second-order valence-electron chi connectivity index (χ2n) is 8.96. The Bertz CT molecular complexity index is 1000. The molecule has 1 fully saturated rings. The summed E-state index contributed by atoms with van der Waals surface area (Å²) >= 11 is 0. The van der Waals surface area contributed by atoms with E-state index < -0.39 is 33.8 Å². The number of amides is 1. The molecule has 2 aromatic rings. The molecule has 168 valence electrons. The number of ether oxygens (including phenoxy) is 1. The number of hydrogen-bond donors (Lipinski definition) is 1. The summed E-state index contributed by atoms with van der Waals surface area (Å²) in [5.41, 5.74) is 2.00. The van der Waals surface area contributed by atoms with Gasteiger partial charge in [-0.05, 0) is 45.7 Å². The van der Waals surface area contributed by atoms with Crippen LogP contribution in [0.5, 0.6) is 0 Å². The highest BCUT2D eigenvalue weighted by molar-refractivity contribution is 7.88. The van der Waals surface area contributed by atoms with E-state index in [9.17, 15) is 13.2 Å². The van der Waals surface area contributed by atoms with Crippen LogP contribution in [-0.4, -0.2) is 54.9 Å². The number of sulfonamides is 1. The van der Waals surface area contributed by atoms with Gasteiger partial charge in [0.25, 0.3) is 0 Å². The Balaban J connectivity index is 1.90. The predicted octanol–water partition coefficient (Wildman–Crippen LogP) is 3.61. The molecule has 2 atom stereocenters. The summed E-state index contributed by atoms with van der Waals surface area (Å²) in [5.74, 6) is 0. The average molecular weight is 446 g/mol. The molecule has 1 aliphatic rings. The third-order valence-electron chi connectivity index (χ3n) is 5.07. The Morgan fingerprint density at radius 1 is 1.16 bits per heavy atom. The quantitative estimate of drug-likeness (QED) is 0.760. The molecule has 3 rings (SSSR count). The van der Waals surface area contributed by atoms with Crippen molar-refractivity contribution in [2.24, 2.45) is 0 Å². The first-order valence-electron chi connectivity index (χ1n) is 10.5. The van der Waals surface area contributed by atoms with Gasteiger partial charge in [0.1, 0.15) is 5.60 Å². The number of pyridine rings is 1. The van der Waals surface area contributed by atoms with Crippen molar-refractivity contribution in [1.82, 2.24) is 14.6 Å². The first-order chi connectivity index (χ1) is 14.5. The number of aromatic nitrogens is 1. The highest BCUT2D eigenvalue weighted by Crippen LogP contribution is 2.25. The maximum atomic E-state index is 12.9. The van der Waals surface area contributed by atoms with Crippen LogP contribution < -0.4 is 4.72 Å². The van der Waals surface area contributed by atoms with Crippen LogP contribution in [0.25, 0.3) is 11.3 Å². The first-order valence-corrected chi connectivity index (χ1v) is 12.4. The van der Waals surface area contributed by atoms with Crippen molar-refractivity contribution in [2.45, 2.75) is 57.7 Å². The van der Waals surface area contributed by atoms with E-state index in [2.05, 4.69) is 4.72 Å². The number of nitrogens with one attached hydrogen (secondary N) is 1. The predicted molar refractivity (Wildman–Crippen MR) is 121 cm³/mol. The number of piperidine rings is 1. The highest BCUT2D eigenvalue weighted by Gasteiger charge is 2.38. The van der Waals surface area contributed by atoms with Crippen molar-refractivity contribution in [3.05, 3.63) is 54.2 Å². The molecule has 0 saturated carbocycles. The van der Waals surface area contributed by atoms with E-state index >= 15 is 0 Å². The summed E-state index contributed by atoms with van der Waals surface area (Å²) < 4.78 is 32.3. The van der Waals surface area contributed by atoms with E-state index in [1.165, 1.54) is 0 Å². The number of rotatable bonds is 5. The zero-order valence-corrected chi connectivity index (χ0v) is 19.4. The molecule has 1 aromatic carbocycles. The van der Waals surface area contributed by atoms with E-state index in [0.29, 0.717) is 25.8 Å². The van der Waals surface area contributed by atoms with Gasteiger partial charge in [-0.1, -0.05) is 36.4 Å². The summed E-state index contributed by atoms with van der Waals surface area (Å²) in [6.07, 6.45) is 2.48. The van der Waals surface area contributed by atoms with Crippen molar-refractivity contribution >= 4 is 16.1 Å². The summed E-state index contributed by atoms with van der Waals surface area (Å²) in [6.45, 7) is 5.98. The van der Waals surface area contributed by atoms with Gasteiger partial charge in [-0.15, -0.1) is 0 Å². The Morgan fingerprint density at radius 2 is 1.87 bits per heavy atom. The molecular weight excluding hydrogens is 414 g/mol. The van der Waals surface area contributed by atoms with Crippen molar-refractivity contribution in [2.75, 3.05) is 12.8 Å². The number of carbonyl (C=O) groups excluding carboxylic acids is 1. The summed E-state index contributed by atoms with van der Waals surface area (Å²) in [6, 6.07) is 14.8. The summed E-state index contributed by atoms with van der Waals surface area (Å²) in [4.78, 5) is 19.3. The third-order valence-corrected chi connectivity index (χ3v) is 5.80. The molecule has 1 amide bonds. The van der Waals surface area contributed by atoms with Gasteiger partial charge in [0, 0.05) is 30.3 Å². The fraction of sp³-hybridized carbons (Fsp3) is 0.478. The van der Waals surface area contributed by atoms with Gasteiger partial charge in [-0.3, -0.25) is 4.98 Å². The fourth-order valence-corrected chi connectivity index (χ4v) is 4.67. The van der Waals surface area contributed by atoms with Gasteiger partial charge in [-0.25, -0.2) is 17.9 Å². The lowest BCUT2D eigenvalue weighted by Crippen LogP contribution is -2.58. The van der Waals surface area contributed by atoms with Crippen LogP contribution in [0.4, 0.5) is 4.79 Å². The molecule has 7 nitrogen and oxygen atoms in total. The van der Waals surface area contributed by atoms with E-state index in [0.717, 1.165) is 23.2 Å². The molecule has 0 spiro atoms. The summed E-state index contributed by atoms with van der Waals surface area (Å²) in [5, 5.41) is 0. The van der Waals surface area contributed by atoms with E-state index in [-0.39, 0.29) is 0 Å². The number of benzene rings is 1. The van der Waals surface area contributed by atoms with Crippen LogP contribution in [0.1, 0.15) is 39.3 Å². The molecule has 2 heterocycles. The Kier molecular flexibility index (Phi) is 7.01. The highest BCUT2D eigenvalue weighted by atomic mass is 32.2. The number of carbonyl (C=O) groups is 1. The SMILES string of the molecule is CC(C)(C)OC(=O)N1CCCC(NS(C)(=O)=O)C1Cc1cccc(-c2ccccc2)n1. The van der Waals surface area contributed by atoms with Crippen LogP contribution in [0.15, 0.2) is 48.5 Å². The van der Waals surface area contributed by atoms with E-state index in [1.807, 2.05) is 69.3 Å². The maximum Gasteiger partial charge on any atom is 0.410 e. The molecular formula is C23H31N3O4S. The molecule has 2 unspecified atom stereocenters. The van der Waals surface area contributed by atoms with Crippen LogP contribution in [0.2, 0.25) is 0 Å². The lowest BCUT2D eigenvalue weighted by molar-refractivity contribution is 0.00581. The minimum Gasteiger partial charge on any atom is -0.444 e. The van der Waals surface area contributed by atoms with Gasteiger partial charge >= 0.3 is 6.09 Å². The molecule has 8 heteroatoms. The Hall–Kier alpha value is -2.45. The van der Waals surface area contributed by atoms with Crippen molar-refractivity contribution in [1.29, 1.82) is 0 Å². The van der Waals surface area contributed by atoms with Crippen molar-refractivity contribution < 1.29 is 17.9 Å². The maximum absolute atomic E-state index is 12.9. The lowest BCUT2D eigenvalue weighted by Gasteiger charge is -2.41. The smallest absolute Gasteiger partial charge is 0.410 e. The van der Waals surface area contributed by atoms with Crippen LogP contribution >= 0.6 is 0 Å². The normalized spacial score (nSPS) is 19.8. The van der Waals surface area contributed by atoms with Crippen LogP contribution in [0.3, 0.4) is 0 Å². The average Bonchev–Trinajstić information content (AvgIpc) is 2.68. The second kappa shape index (κ2) is 9.36. The van der Waals surface area contributed by atoms with Gasteiger partial charge in [-0.2, -0.15) is 0 Å². The minimum atomic E-state index is -3.43. The minimum absolute atomic E-state index is 0.392. The van der Waals surface area contributed by atoms with Crippen molar-refractivity contribution in [3.8, 4) is 11.3 Å². The number of likely N-dealkylation sites (tertiary alicyclic amines) is 1. The number of hydrogen-bond acceptors (Lipinski definition) is 5. The molecule has 1 aliphatic heterocycles. The monoisotopic (exact) mass is 445 g/mol. The molecule has 1 aromatic heterocycles. The second-order valence-corrected chi connectivity index (χ2v) is 10.7. The fourth-order valence-electron chi connectivity index (χ4n) is 3.85. The topological polar surface area (TPSA) is 88.6 Å². The van der Waals surface area contributed by atoms with E-state index in [4.69, 9.17) is 9.72 Å². The lowest BCUT2D eigenvalue weighted by atomic mass is 9.93.